The van der Waals surface area contributed by atoms with Crippen molar-refractivity contribution in [2.24, 2.45) is 5.84 Å². The van der Waals surface area contributed by atoms with Crippen LogP contribution in [0.1, 0.15) is 5.56 Å². The third kappa shape index (κ3) is 1.32. The summed E-state index contributed by atoms with van der Waals surface area (Å²) in [6.07, 6.45) is 1.57. The van der Waals surface area contributed by atoms with Gasteiger partial charge in [0.2, 0.25) is 0 Å². The second kappa shape index (κ2) is 2.63. The van der Waals surface area contributed by atoms with E-state index < -0.39 is 0 Å². The summed E-state index contributed by atoms with van der Waals surface area (Å²) in [6.45, 7) is 1.84. The maximum Gasteiger partial charge on any atom is 0.145 e. The molecule has 0 unspecified atom stereocenters. The van der Waals surface area contributed by atoms with E-state index >= 15 is 0 Å². The standard InChI is InChI=1S/C6H11N5/c1-4-2-6(8)11(10-9)3-5(4)7/h2-3,8,10H,7,9H2,1H3. The number of aromatic nitrogens is 1. The highest BCUT2D eigenvalue weighted by Gasteiger charge is 1.94. The number of hydrogen-bond acceptors (Lipinski definition) is 4. The molecule has 0 bridgehead atoms. The average molecular weight is 153 g/mol. The Hall–Kier alpha value is -1.49. The molecule has 0 saturated carbocycles. The molecule has 0 fully saturated rings. The van der Waals surface area contributed by atoms with Crippen molar-refractivity contribution in [3.8, 4) is 0 Å². The van der Waals surface area contributed by atoms with Crippen LogP contribution in [0.2, 0.25) is 0 Å². The molecular weight excluding hydrogens is 142 g/mol. The predicted octanol–water partition coefficient (Wildman–Crippen LogP) is -0.725. The molecule has 0 aliphatic carbocycles. The minimum Gasteiger partial charge on any atom is -0.397 e. The van der Waals surface area contributed by atoms with Gasteiger partial charge in [-0.1, -0.05) is 0 Å². The Balaban J connectivity index is 3.32. The third-order valence-electron chi connectivity index (χ3n) is 1.48. The number of aryl methyl sites for hydroxylation is 1. The predicted molar refractivity (Wildman–Crippen MR) is 43.0 cm³/mol. The molecule has 0 radical (unpaired) electrons. The maximum atomic E-state index is 7.37. The minimum absolute atomic E-state index is 0.277. The van der Waals surface area contributed by atoms with Crippen molar-refractivity contribution in [1.82, 2.24) is 4.68 Å². The van der Waals surface area contributed by atoms with Gasteiger partial charge in [-0.15, -0.1) is 0 Å². The zero-order valence-corrected chi connectivity index (χ0v) is 6.26. The number of rotatable bonds is 1. The summed E-state index contributed by atoms with van der Waals surface area (Å²) in [5, 5.41) is 7.37. The monoisotopic (exact) mass is 153 g/mol. The van der Waals surface area contributed by atoms with Crippen LogP contribution in [0.15, 0.2) is 12.3 Å². The lowest BCUT2D eigenvalue weighted by Crippen LogP contribution is -2.32. The van der Waals surface area contributed by atoms with E-state index in [1.165, 1.54) is 4.68 Å². The Labute approximate surface area is 64.1 Å². The van der Waals surface area contributed by atoms with Crippen molar-refractivity contribution in [2.45, 2.75) is 6.92 Å². The van der Waals surface area contributed by atoms with Crippen molar-refractivity contribution in [1.29, 1.82) is 5.41 Å². The molecule has 5 nitrogen and oxygen atoms in total. The molecule has 0 saturated heterocycles. The van der Waals surface area contributed by atoms with Gasteiger partial charge in [0.15, 0.2) is 0 Å². The van der Waals surface area contributed by atoms with Gasteiger partial charge < -0.3 is 5.73 Å². The maximum absolute atomic E-state index is 7.37. The molecule has 5 heteroatoms. The summed E-state index contributed by atoms with van der Waals surface area (Å²) >= 11 is 0. The summed E-state index contributed by atoms with van der Waals surface area (Å²) in [6, 6.07) is 1.63. The Kier molecular flexibility index (Phi) is 1.82. The van der Waals surface area contributed by atoms with Crippen LogP contribution < -0.4 is 22.6 Å². The molecule has 1 aromatic rings. The topological polar surface area (TPSA) is 92.8 Å². The van der Waals surface area contributed by atoms with Crippen LogP contribution in [-0.2, 0) is 0 Å². The van der Waals surface area contributed by atoms with E-state index in [-0.39, 0.29) is 5.49 Å². The molecule has 0 amide bonds. The largest absolute Gasteiger partial charge is 0.397 e. The first-order valence-electron chi connectivity index (χ1n) is 3.15. The van der Waals surface area contributed by atoms with Gasteiger partial charge in [-0.05, 0) is 18.6 Å². The van der Waals surface area contributed by atoms with Crippen LogP contribution in [0, 0.1) is 12.3 Å². The Morgan fingerprint density at radius 3 is 2.82 bits per heavy atom. The lowest BCUT2D eigenvalue weighted by atomic mass is 10.2. The van der Waals surface area contributed by atoms with E-state index in [1.54, 1.807) is 12.3 Å². The molecule has 1 rings (SSSR count). The number of nitrogens with zero attached hydrogens (tertiary/aromatic N) is 1. The van der Waals surface area contributed by atoms with Crippen LogP contribution in [0.3, 0.4) is 0 Å². The quantitative estimate of drug-likeness (QED) is 0.317. The first-order chi connectivity index (χ1) is 5.15. The van der Waals surface area contributed by atoms with Gasteiger partial charge in [0.05, 0.1) is 11.9 Å². The third-order valence-corrected chi connectivity index (χ3v) is 1.48. The zero-order chi connectivity index (χ0) is 8.43. The van der Waals surface area contributed by atoms with Crippen molar-refractivity contribution < 1.29 is 0 Å². The molecule has 6 N–H and O–H groups in total. The van der Waals surface area contributed by atoms with Gasteiger partial charge in [0.1, 0.15) is 5.49 Å². The second-order valence-corrected chi connectivity index (χ2v) is 2.30. The van der Waals surface area contributed by atoms with Crippen LogP contribution in [0.25, 0.3) is 0 Å². The van der Waals surface area contributed by atoms with Gasteiger partial charge in [-0.2, -0.15) is 0 Å². The van der Waals surface area contributed by atoms with Crippen LogP contribution >= 0.6 is 0 Å². The van der Waals surface area contributed by atoms with Gasteiger partial charge in [0, 0.05) is 0 Å². The zero-order valence-electron chi connectivity index (χ0n) is 6.26. The Morgan fingerprint density at radius 1 is 1.64 bits per heavy atom. The molecule has 11 heavy (non-hydrogen) atoms. The number of hydrogen-bond donors (Lipinski definition) is 4. The van der Waals surface area contributed by atoms with Gasteiger partial charge in [0.25, 0.3) is 0 Å². The van der Waals surface area contributed by atoms with Gasteiger partial charge in [-0.25, -0.2) is 10.5 Å². The fourth-order valence-electron chi connectivity index (χ4n) is 0.775. The summed E-state index contributed by atoms with van der Waals surface area (Å²) in [7, 11) is 0. The van der Waals surface area contributed by atoms with E-state index in [1.807, 2.05) is 6.92 Å². The normalized spacial score (nSPS) is 9.64. The number of hydrazine groups is 1. The molecule has 1 heterocycles. The summed E-state index contributed by atoms with van der Waals surface area (Å²) < 4.78 is 1.34. The van der Waals surface area contributed by atoms with Crippen molar-refractivity contribution in [3.05, 3.63) is 23.3 Å². The van der Waals surface area contributed by atoms with E-state index in [9.17, 15) is 0 Å². The Morgan fingerprint density at radius 2 is 2.27 bits per heavy atom. The molecule has 1 aromatic heterocycles. The van der Waals surface area contributed by atoms with E-state index in [0.29, 0.717) is 5.69 Å². The van der Waals surface area contributed by atoms with Crippen molar-refractivity contribution in [3.63, 3.8) is 0 Å². The molecule has 0 aliphatic heterocycles. The number of nitrogen functional groups attached to an aromatic ring is 2. The second-order valence-electron chi connectivity index (χ2n) is 2.30. The molecule has 60 valence electrons. The molecule has 0 spiro atoms. The van der Waals surface area contributed by atoms with Crippen molar-refractivity contribution in [2.75, 3.05) is 11.3 Å². The Bertz CT molecular complexity index is 313. The lowest BCUT2D eigenvalue weighted by Gasteiger charge is -2.07. The number of nitrogens with one attached hydrogen (secondary N) is 2. The lowest BCUT2D eigenvalue weighted by molar-refractivity contribution is 0.798. The average Bonchev–Trinajstić information content (AvgIpc) is 1.97. The minimum atomic E-state index is 0.277. The highest BCUT2D eigenvalue weighted by Crippen LogP contribution is 2.03. The number of anilines is 1. The SMILES string of the molecule is Cc1cc(=N)n(NN)cc1N. The number of pyridine rings is 1. The number of nitrogens with two attached hydrogens (primary N) is 2. The molecule has 0 atom stereocenters. The van der Waals surface area contributed by atoms with Crippen LogP contribution in [0.4, 0.5) is 5.69 Å². The van der Waals surface area contributed by atoms with E-state index in [0.717, 1.165) is 5.56 Å². The smallest absolute Gasteiger partial charge is 0.145 e. The fraction of sp³-hybridized carbons (Fsp3) is 0.167. The van der Waals surface area contributed by atoms with E-state index in [4.69, 9.17) is 17.0 Å². The summed E-state index contributed by atoms with van der Waals surface area (Å²) in [4.78, 5) is 0. The van der Waals surface area contributed by atoms with Crippen LogP contribution in [0.5, 0.6) is 0 Å². The summed E-state index contributed by atoms with van der Waals surface area (Å²) in [5.74, 6) is 5.11. The van der Waals surface area contributed by atoms with Gasteiger partial charge >= 0.3 is 0 Å². The van der Waals surface area contributed by atoms with Crippen LogP contribution in [-0.4, -0.2) is 4.68 Å². The van der Waals surface area contributed by atoms with E-state index in [2.05, 4.69) is 5.53 Å². The first-order valence-corrected chi connectivity index (χ1v) is 3.15. The molecular formula is C6H11N5. The van der Waals surface area contributed by atoms with Crippen molar-refractivity contribution >= 4 is 5.69 Å². The highest BCUT2D eigenvalue weighted by atomic mass is 15.6. The summed E-state index contributed by atoms with van der Waals surface area (Å²) in [5.41, 5.74) is 9.64. The fourth-order valence-corrected chi connectivity index (χ4v) is 0.775. The highest BCUT2D eigenvalue weighted by molar-refractivity contribution is 5.42. The first kappa shape index (κ1) is 7.62. The molecule has 0 aliphatic rings. The van der Waals surface area contributed by atoms with Gasteiger partial charge in [-0.3, -0.25) is 10.9 Å². The molecule has 0 aromatic carbocycles.